The molecule has 0 rings (SSSR count). The van der Waals surface area contributed by atoms with E-state index in [2.05, 4.69) is 13.5 Å². The maximum Gasteiger partial charge on any atom is 0.155 e. The van der Waals surface area contributed by atoms with Crippen molar-refractivity contribution in [3.8, 4) is 0 Å². The Balaban J connectivity index is 3.61. The summed E-state index contributed by atoms with van der Waals surface area (Å²) in [4.78, 5) is 11.5. The average Bonchev–Trinajstić information content (AvgIpc) is 2.32. The van der Waals surface area contributed by atoms with Crippen molar-refractivity contribution in [3.63, 3.8) is 0 Å². The highest BCUT2D eigenvalue weighted by molar-refractivity contribution is 5.89. The van der Waals surface area contributed by atoms with E-state index in [-0.39, 0.29) is 5.78 Å². The molecule has 0 heterocycles. The molecule has 0 aromatic rings. The van der Waals surface area contributed by atoms with E-state index < -0.39 is 0 Å². The highest BCUT2D eigenvalue weighted by Gasteiger charge is 2.07. The highest BCUT2D eigenvalue weighted by Crippen LogP contribution is 2.16. The zero-order valence-corrected chi connectivity index (χ0v) is 11.6. The fraction of sp³-hybridized carbons (Fsp3) is 0.688. The van der Waals surface area contributed by atoms with Crippen LogP contribution in [0, 0.1) is 5.92 Å². The number of ketones is 1. The lowest BCUT2D eigenvalue weighted by molar-refractivity contribution is -0.115. The molecule has 0 spiro atoms. The monoisotopic (exact) mass is 236 g/mol. The van der Waals surface area contributed by atoms with Gasteiger partial charge in [0.05, 0.1) is 0 Å². The predicted molar refractivity (Wildman–Crippen MR) is 76.1 cm³/mol. The second-order valence-corrected chi connectivity index (χ2v) is 4.72. The number of carbonyl (C=O) groups excluding carboxylic acids is 1. The van der Waals surface area contributed by atoms with Gasteiger partial charge < -0.3 is 0 Å². The molecule has 0 radical (unpaired) electrons. The van der Waals surface area contributed by atoms with Crippen molar-refractivity contribution in [1.29, 1.82) is 0 Å². The molecule has 0 amide bonds. The van der Waals surface area contributed by atoms with Crippen LogP contribution in [0.1, 0.15) is 65.2 Å². The quantitative estimate of drug-likeness (QED) is 0.278. The molecule has 0 aliphatic carbocycles. The van der Waals surface area contributed by atoms with Crippen LogP contribution in [0.15, 0.2) is 24.8 Å². The molecule has 0 unspecified atom stereocenters. The lowest BCUT2D eigenvalue weighted by Crippen LogP contribution is -2.04. The van der Waals surface area contributed by atoms with Gasteiger partial charge in [-0.2, -0.15) is 0 Å². The van der Waals surface area contributed by atoms with Crippen molar-refractivity contribution in [1.82, 2.24) is 0 Å². The van der Waals surface area contributed by atoms with E-state index in [0.29, 0.717) is 12.3 Å². The van der Waals surface area contributed by atoms with Crippen molar-refractivity contribution < 1.29 is 4.79 Å². The summed E-state index contributed by atoms with van der Waals surface area (Å²) in [5.74, 6) is 0.591. The van der Waals surface area contributed by atoms with Gasteiger partial charge in [-0.05, 0) is 25.3 Å². The molecule has 0 saturated heterocycles. The van der Waals surface area contributed by atoms with Crippen molar-refractivity contribution >= 4 is 5.78 Å². The van der Waals surface area contributed by atoms with E-state index in [1.54, 1.807) is 6.08 Å². The number of unbranched alkanes of at least 4 members (excludes halogenated alkanes) is 5. The summed E-state index contributed by atoms with van der Waals surface area (Å²) in [6.45, 7) is 7.95. The number of rotatable bonds is 11. The maximum atomic E-state index is 11.5. The normalized spacial score (nSPS) is 12.8. The fourth-order valence-corrected chi connectivity index (χ4v) is 2.00. The molecule has 0 aromatic heterocycles. The van der Waals surface area contributed by atoms with E-state index in [0.717, 1.165) is 6.42 Å². The van der Waals surface area contributed by atoms with Crippen LogP contribution in [0.25, 0.3) is 0 Å². The van der Waals surface area contributed by atoms with E-state index in [4.69, 9.17) is 0 Å². The highest BCUT2D eigenvalue weighted by atomic mass is 16.1. The Morgan fingerprint density at radius 1 is 1.18 bits per heavy atom. The molecule has 0 aliphatic rings. The minimum absolute atomic E-state index is 0.225. The Morgan fingerprint density at radius 3 is 2.41 bits per heavy atom. The molecule has 98 valence electrons. The molecule has 17 heavy (non-hydrogen) atoms. The Hall–Kier alpha value is -0.850. The molecule has 0 fully saturated rings. The third kappa shape index (κ3) is 10.0. The summed E-state index contributed by atoms with van der Waals surface area (Å²) >= 11 is 0. The lowest BCUT2D eigenvalue weighted by Gasteiger charge is -2.10. The number of hydrogen-bond acceptors (Lipinski definition) is 1. The summed E-state index contributed by atoms with van der Waals surface area (Å²) in [6.07, 6.45) is 15.0. The van der Waals surface area contributed by atoms with Crippen LogP contribution in [-0.2, 0) is 4.79 Å². The van der Waals surface area contributed by atoms with Crippen LogP contribution >= 0.6 is 0 Å². The zero-order valence-electron chi connectivity index (χ0n) is 11.6. The van der Waals surface area contributed by atoms with Gasteiger partial charge in [0.15, 0.2) is 5.78 Å². The molecule has 1 heteroatoms. The third-order valence-corrected chi connectivity index (χ3v) is 3.08. The number of hydrogen-bond donors (Lipinski definition) is 0. The van der Waals surface area contributed by atoms with Gasteiger partial charge in [0.1, 0.15) is 0 Å². The molecule has 1 atom stereocenters. The second-order valence-electron chi connectivity index (χ2n) is 4.72. The van der Waals surface area contributed by atoms with E-state index in [1.807, 2.05) is 19.1 Å². The third-order valence-electron chi connectivity index (χ3n) is 3.08. The summed E-state index contributed by atoms with van der Waals surface area (Å²) in [7, 11) is 0. The Labute approximate surface area is 107 Å². The van der Waals surface area contributed by atoms with Crippen molar-refractivity contribution in [3.05, 3.63) is 24.8 Å². The SMILES string of the molecule is C=C[C@H](CCCCCCCC)CC(=O)/C=C/C. The van der Waals surface area contributed by atoms with Crippen LogP contribution in [0.4, 0.5) is 0 Å². The summed E-state index contributed by atoms with van der Waals surface area (Å²) in [5.41, 5.74) is 0. The smallest absolute Gasteiger partial charge is 0.155 e. The van der Waals surface area contributed by atoms with Gasteiger partial charge in [-0.25, -0.2) is 0 Å². The predicted octanol–water partition coefficient (Wildman–Crippen LogP) is 5.07. The average molecular weight is 236 g/mol. The Morgan fingerprint density at radius 2 is 1.82 bits per heavy atom. The minimum atomic E-state index is 0.225. The standard InChI is InChI=1S/C16H28O/c1-4-7-8-9-10-11-13-15(6-3)14-16(17)12-5-2/h5-6,12,15H,3-4,7-11,13-14H2,1-2H3/b12-5+/t15-/m1/s1. The second kappa shape index (κ2) is 11.6. The molecule has 0 aromatic carbocycles. The largest absolute Gasteiger partial charge is 0.295 e. The van der Waals surface area contributed by atoms with Gasteiger partial charge in [0.25, 0.3) is 0 Å². The topological polar surface area (TPSA) is 17.1 Å². The molecule has 0 N–H and O–H groups in total. The van der Waals surface area contributed by atoms with Crippen LogP contribution < -0.4 is 0 Å². The summed E-state index contributed by atoms with van der Waals surface area (Å²) < 4.78 is 0. The van der Waals surface area contributed by atoms with E-state index >= 15 is 0 Å². The van der Waals surface area contributed by atoms with Crippen molar-refractivity contribution in [2.24, 2.45) is 5.92 Å². The number of allylic oxidation sites excluding steroid dienone is 3. The van der Waals surface area contributed by atoms with Gasteiger partial charge in [0.2, 0.25) is 0 Å². The maximum absolute atomic E-state index is 11.5. The molecule has 1 nitrogen and oxygen atoms in total. The van der Waals surface area contributed by atoms with Gasteiger partial charge in [-0.1, -0.05) is 57.6 Å². The van der Waals surface area contributed by atoms with Gasteiger partial charge >= 0.3 is 0 Å². The summed E-state index contributed by atoms with van der Waals surface area (Å²) in [6, 6.07) is 0. The Bertz CT molecular complexity index is 228. The minimum Gasteiger partial charge on any atom is -0.295 e. The molecule has 0 bridgehead atoms. The van der Waals surface area contributed by atoms with Gasteiger partial charge in [0, 0.05) is 6.42 Å². The van der Waals surface area contributed by atoms with Gasteiger partial charge in [-0.3, -0.25) is 4.79 Å². The first kappa shape index (κ1) is 16.1. The summed E-state index contributed by atoms with van der Waals surface area (Å²) in [5, 5.41) is 0. The molecule has 0 saturated carbocycles. The van der Waals surface area contributed by atoms with Crippen LogP contribution in [0.3, 0.4) is 0 Å². The first-order chi connectivity index (χ1) is 8.24. The molecule has 0 aliphatic heterocycles. The Kier molecular flexibility index (Phi) is 11.0. The molecular formula is C16H28O. The fourth-order valence-electron chi connectivity index (χ4n) is 2.00. The molecular weight excluding hydrogens is 208 g/mol. The van der Waals surface area contributed by atoms with E-state index in [9.17, 15) is 4.79 Å². The van der Waals surface area contributed by atoms with Crippen molar-refractivity contribution in [2.45, 2.75) is 65.2 Å². The first-order valence-corrected chi connectivity index (χ1v) is 7.02. The van der Waals surface area contributed by atoms with Crippen molar-refractivity contribution in [2.75, 3.05) is 0 Å². The first-order valence-electron chi connectivity index (χ1n) is 7.02. The lowest BCUT2D eigenvalue weighted by atomic mass is 9.95. The van der Waals surface area contributed by atoms with Gasteiger partial charge in [-0.15, -0.1) is 6.58 Å². The van der Waals surface area contributed by atoms with Crippen LogP contribution in [0.5, 0.6) is 0 Å². The zero-order chi connectivity index (χ0) is 12.9. The number of carbonyl (C=O) groups is 1. The van der Waals surface area contributed by atoms with Crippen LogP contribution in [0.2, 0.25) is 0 Å². The van der Waals surface area contributed by atoms with E-state index in [1.165, 1.54) is 38.5 Å². The van der Waals surface area contributed by atoms with Crippen LogP contribution in [-0.4, -0.2) is 5.78 Å².